The normalized spacial score (nSPS) is 20.9. The summed E-state index contributed by atoms with van der Waals surface area (Å²) in [6.07, 6.45) is 6.94. The number of piperazine rings is 1. The summed E-state index contributed by atoms with van der Waals surface area (Å²) in [5.41, 5.74) is 2.85. The fraction of sp³-hybridized carbons (Fsp3) is 0.500. The smallest absolute Gasteiger partial charge is 0.337 e. The lowest BCUT2D eigenvalue weighted by molar-refractivity contribution is -0.123. The van der Waals surface area contributed by atoms with Crippen LogP contribution in [0.2, 0.25) is 0 Å². The number of carbonyl (C=O) groups excluding carboxylic acids is 1. The molecule has 0 radical (unpaired) electrons. The molecule has 1 amide bonds. The van der Waals surface area contributed by atoms with Crippen LogP contribution >= 0.6 is 0 Å². The minimum absolute atomic E-state index is 0.00537. The molecular weight excluding hydrogens is 645 g/mol. The van der Waals surface area contributed by atoms with Crippen molar-refractivity contribution in [3.8, 4) is 16.8 Å². The number of nitrogens with one attached hydrogen (secondary N) is 1. The number of fused-ring (bicyclic) bond motifs is 1. The van der Waals surface area contributed by atoms with Gasteiger partial charge < -0.3 is 5.32 Å². The fourth-order valence-corrected chi connectivity index (χ4v) is 8.13. The van der Waals surface area contributed by atoms with Crippen molar-refractivity contribution in [2.24, 2.45) is 0 Å². The van der Waals surface area contributed by atoms with Gasteiger partial charge >= 0.3 is 5.69 Å². The van der Waals surface area contributed by atoms with Gasteiger partial charge in [0.05, 0.1) is 23.8 Å². The number of aromatic nitrogens is 3. The molecule has 51 heavy (non-hydrogen) atoms. The van der Waals surface area contributed by atoms with E-state index in [0.717, 1.165) is 76.0 Å². The number of hydrogen-bond acceptors (Lipinski definition) is 7. The minimum Gasteiger partial charge on any atom is -0.352 e. The summed E-state index contributed by atoms with van der Waals surface area (Å²) in [6, 6.07) is 17.6. The largest absolute Gasteiger partial charge is 0.352 e. The Kier molecular flexibility index (Phi) is 10.8. The predicted octanol–water partition coefficient (Wildman–Crippen LogP) is 4.97. The zero-order valence-corrected chi connectivity index (χ0v) is 29.9. The Balaban J connectivity index is 1.10. The van der Waals surface area contributed by atoms with Gasteiger partial charge in [-0.25, -0.2) is 18.7 Å². The van der Waals surface area contributed by atoms with Crippen molar-refractivity contribution in [2.75, 3.05) is 45.8 Å². The SMILES string of the molecule is CC(C)N1CCN(Cc2ccc(-c3cccc(-n4c(=O)n([C@H]5CC[C@@H](NC(=O)CN6CCCCC6)CC5)c(=O)c5cc(F)cnc54)c3)cc2)CC1. The number of amides is 1. The Labute approximate surface area is 298 Å². The Morgan fingerprint density at radius 1 is 0.863 bits per heavy atom. The summed E-state index contributed by atoms with van der Waals surface area (Å²) in [5.74, 6) is -0.603. The molecule has 1 aliphatic carbocycles. The second-order valence-corrected chi connectivity index (χ2v) is 14.9. The number of benzene rings is 2. The molecule has 270 valence electrons. The lowest BCUT2D eigenvalue weighted by Gasteiger charge is -2.36. The van der Waals surface area contributed by atoms with Crippen LogP contribution in [0.5, 0.6) is 0 Å². The van der Waals surface area contributed by atoms with Crippen LogP contribution < -0.4 is 16.6 Å². The number of hydrogen-bond donors (Lipinski definition) is 1. The van der Waals surface area contributed by atoms with E-state index in [2.05, 4.69) is 63.1 Å². The first-order valence-electron chi connectivity index (χ1n) is 18.7. The standard InChI is InChI=1S/C40H50FN7O3/c1-28(2)46-21-19-45(20-22-46)26-29-9-11-30(12-10-29)31-7-6-8-35(23-31)47-38-36(24-32(41)25-42-38)39(50)48(40(47)51)34-15-13-33(14-16-34)43-37(49)27-44-17-4-3-5-18-44/h6-12,23-25,28,33-34H,3-5,13-22,26-27H2,1-2H3,(H,43,49)/t33-,34+. The van der Waals surface area contributed by atoms with Crippen molar-refractivity contribution >= 4 is 16.9 Å². The molecule has 2 aromatic carbocycles. The van der Waals surface area contributed by atoms with Gasteiger partial charge in [0, 0.05) is 50.8 Å². The number of piperidine rings is 1. The molecular formula is C40H50FN7O3. The van der Waals surface area contributed by atoms with Crippen LogP contribution in [0.1, 0.15) is 70.4 Å². The molecule has 3 aliphatic rings. The topological polar surface area (TPSA) is 95.7 Å². The van der Waals surface area contributed by atoms with Crippen LogP contribution in [0.25, 0.3) is 27.8 Å². The quantitative estimate of drug-likeness (QED) is 0.265. The molecule has 4 heterocycles. The van der Waals surface area contributed by atoms with Crippen molar-refractivity contribution in [3.05, 3.63) is 93.0 Å². The summed E-state index contributed by atoms with van der Waals surface area (Å²) in [5, 5.41) is 3.24. The van der Waals surface area contributed by atoms with Crippen LogP contribution in [0.15, 0.2) is 70.4 Å². The highest BCUT2D eigenvalue weighted by molar-refractivity contribution is 5.78. The van der Waals surface area contributed by atoms with Crippen LogP contribution in [-0.4, -0.2) is 92.6 Å². The maximum Gasteiger partial charge on any atom is 0.337 e. The Hall–Kier alpha value is -4.19. The van der Waals surface area contributed by atoms with Crippen LogP contribution in [-0.2, 0) is 11.3 Å². The van der Waals surface area contributed by atoms with E-state index in [1.807, 2.05) is 24.3 Å². The van der Waals surface area contributed by atoms with E-state index in [1.165, 1.54) is 27.2 Å². The number of halogens is 1. The number of pyridine rings is 1. The van der Waals surface area contributed by atoms with Gasteiger partial charge in [-0.3, -0.25) is 28.9 Å². The Morgan fingerprint density at radius 3 is 2.29 bits per heavy atom. The summed E-state index contributed by atoms with van der Waals surface area (Å²) < 4.78 is 17.3. The highest BCUT2D eigenvalue weighted by atomic mass is 19.1. The Morgan fingerprint density at radius 2 is 1.59 bits per heavy atom. The lowest BCUT2D eigenvalue weighted by Crippen LogP contribution is -2.48. The molecule has 2 aliphatic heterocycles. The average Bonchev–Trinajstić information content (AvgIpc) is 3.14. The maximum atomic E-state index is 14.5. The Bertz CT molecular complexity index is 1950. The second kappa shape index (κ2) is 15.6. The van der Waals surface area contributed by atoms with E-state index in [1.54, 1.807) is 0 Å². The van der Waals surface area contributed by atoms with E-state index in [0.29, 0.717) is 44.0 Å². The first-order chi connectivity index (χ1) is 24.7. The summed E-state index contributed by atoms with van der Waals surface area (Å²) in [7, 11) is 0. The lowest BCUT2D eigenvalue weighted by atomic mass is 9.91. The van der Waals surface area contributed by atoms with Crippen molar-refractivity contribution in [2.45, 2.75) is 83.5 Å². The third-order valence-electron chi connectivity index (χ3n) is 11.1. The van der Waals surface area contributed by atoms with Gasteiger partial charge in [-0.2, -0.15) is 0 Å². The zero-order valence-electron chi connectivity index (χ0n) is 29.9. The molecule has 2 aromatic heterocycles. The van der Waals surface area contributed by atoms with Crippen molar-refractivity contribution < 1.29 is 9.18 Å². The average molecular weight is 696 g/mol. The van der Waals surface area contributed by atoms with Crippen molar-refractivity contribution in [1.82, 2.24) is 34.1 Å². The second-order valence-electron chi connectivity index (χ2n) is 14.9. The summed E-state index contributed by atoms with van der Waals surface area (Å²) in [6.45, 7) is 12.0. The molecule has 0 atom stereocenters. The molecule has 0 bridgehead atoms. The molecule has 7 rings (SSSR count). The van der Waals surface area contributed by atoms with Gasteiger partial charge in [-0.1, -0.05) is 42.8 Å². The van der Waals surface area contributed by atoms with E-state index in [9.17, 15) is 18.8 Å². The van der Waals surface area contributed by atoms with E-state index < -0.39 is 17.1 Å². The minimum atomic E-state index is -0.632. The predicted molar refractivity (Wildman–Crippen MR) is 199 cm³/mol. The van der Waals surface area contributed by atoms with Crippen LogP contribution in [0.4, 0.5) is 4.39 Å². The molecule has 4 aromatic rings. The third-order valence-corrected chi connectivity index (χ3v) is 11.1. The van der Waals surface area contributed by atoms with Gasteiger partial charge in [0.25, 0.3) is 5.56 Å². The van der Waals surface area contributed by atoms with Crippen molar-refractivity contribution in [1.29, 1.82) is 0 Å². The molecule has 3 fully saturated rings. The first-order valence-corrected chi connectivity index (χ1v) is 18.7. The van der Waals surface area contributed by atoms with E-state index in [4.69, 9.17) is 0 Å². The van der Waals surface area contributed by atoms with Gasteiger partial charge in [0.2, 0.25) is 5.91 Å². The molecule has 10 nitrogen and oxygen atoms in total. The zero-order chi connectivity index (χ0) is 35.5. The number of carbonyl (C=O) groups is 1. The molecule has 2 saturated heterocycles. The molecule has 11 heteroatoms. The molecule has 1 saturated carbocycles. The number of likely N-dealkylation sites (tertiary alicyclic amines) is 1. The number of rotatable bonds is 9. The van der Waals surface area contributed by atoms with Gasteiger partial charge in [-0.15, -0.1) is 0 Å². The van der Waals surface area contributed by atoms with Gasteiger partial charge in [0.1, 0.15) is 5.82 Å². The van der Waals surface area contributed by atoms with E-state index in [-0.39, 0.29) is 29.0 Å². The molecule has 0 spiro atoms. The van der Waals surface area contributed by atoms with Crippen LogP contribution in [0, 0.1) is 5.82 Å². The van der Waals surface area contributed by atoms with E-state index >= 15 is 0 Å². The van der Waals surface area contributed by atoms with Gasteiger partial charge in [0.15, 0.2) is 5.65 Å². The van der Waals surface area contributed by atoms with Crippen LogP contribution in [0.3, 0.4) is 0 Å². The first kappa shape index (κ1) is 35.2. The van der Waals surface area contributed by atoms with Gasteiger partial charge in [-0.05, 0) is 100 Å². The summed E-state index contributed by atoms with van der Waals surface area (Å²) in [4.78, 5) is 52.4. The molecule has 0 unspecified atom stereocenters. The van der Waals surface area contributed by atoms with Crippen molar-refractivity contribution in [3.63, 3.8) is 0 Å². The summed E-state index contributed by atoms with van der Waals surface area (Å²) >= 11 is 0. The number of nitrogens with zero attached hydrogens (tertiary/aromatic N) is 6. The maximum absolute atomic E-state index is 14.5. The third kappa shape index (κ3) is 8.00. The molecule has 1 N–H and O–H groups in total. The highest BCUT2D eigenvalue weighted by Crippen LogP contribution is 2.28. The monoisotopic (exact) mass is 695 g/mol. The highest BCUT2D eigenvalue weighted by Gasteiger charge is 2.28. The fourth-order valence-electron chi connectivity index (χ4n) is 8.13.